The van der Waals surface area contributed by atoms with Gasteiger partial charge in [-0.2, -0.15) is 11.8 Å². The monoisotopic (exact) mass is 336 g/mol. The van der Waals surface area contributed by atoms with Gasteiger partial charge in [0.2, 0.25) is 5.91 Å². The normalized spacial score (nSPS) is 12.1. The number of thiazole rings is 1. The molecule has 1 atom stereocenters. The average molecular weight is 336 g/mol. The summed E-state index contributed by atoms with van der Waals surface area (Å²) in [6.45, 7) is 2.24. The van der Waals surface area contributed by atoms with Gasteiger partial charge >= 0.3 is 0 Å². The van der Waals surface area contributed by atoms with Crippen molar-refractivity contribution in [3.8, 4) is 0 Å². The highest BCUT2D eigenvalue weighted by molar-refractivity contribution is 7.98. The third-order valence-electron chi connectivity index (χ3n) is 2.93. The van der Waals surface area contributed by atoms with Crippen LogP contribution < -0.4 is 5.32 Å². The van der Waals surface area contributed by atoms with E-state index in [1.54, 1.807) is 11.8 Å². The number of anilines is 1. The maximum absolute atomic E-state index is 12.0. The lowest BCUT2D eigenvalue weighted by atomic mass is 10.2. The summed E-state index contributed by atoms with van der Waals surface area (Å²) in [5.41, 5.74) is 1.81. The van der Waals surface area contributed by atoms with E-state index in [0.29, 0.717) is 12.3 Å². The minimum Gasteiger partial charge on any atom is -0.396 e. The quantitative estimate of drug-likeness (QED) is 0.777. The molecular formula is C16H20N2O2S2. The molecule has 1 aromatic heterocycles. The highest BCUT2D eigenvalue weighted by Crippen LogP contribution is 2.18. The summed E-state index contributed by atoms with van der Waals surface area (Å²) in [7, 11) is 0. The second-order valence-electron chi connectivity index (χ2n) is 5.13. The molecule has 2 rings (SSSR count). The predicted molar refractivity (Wildman–Crippen MR) is 93.3 cm³/mol. The largest absolute Gasteiger partial charge is 0.396 e. The predicted octanol–water partition coefficient (Wildman–Crippen LogP) is 3.19. The summed E-state index contributed by atoms with van der Waals surface area (Å²) in [5.74, 6) is 1.99. The zero-order valence-corrected chi connectivity index (χ0v) is 14.1. The Kier molecular flexibility index (Phi) is 6.89. The Labute approximate surface area is 139 Å². The maximum atomic E-state index is 12.0. The van der Waals surface area contributed by atoms with Gasteiger partial charge in [-0.25, -0.2) is 4.98 Å². The van der Waals surface area contributed by atoms with Crippen molar-refractivity contribution in [1.29, 1.82) is 0 Å². The summed E-state index contributed by atoms with van der Waals surface area (Å²) in [6, 6.07) is 9.43. The van der Waals surface area contributed by atoms with Crippen molar-refractivity contribution < 1.29 is 9.90 Å². The van der Waals surface area contributed by atoms with E-state index in [-0.39, 0.29) is 12.5 Å². The first-order valence-electron chi connectivity index (χ1n) is 7.14. The molecule has 0 fully saturated rings. The van der Waals surface area contributed by atoms with Crippen molar-refractivity contribution in [2.45, 2.75) is 19.1 Å². The van der Waals surface area contributed by atoms with Crippen molar-refractivity contribution in [2.24, 2.45) is 5.92 Å². The number of aliphatic hydroxyl groups is 1. The Balaban J connectivity index is 1.78. The van der Waals surface area contributed by atoms with E-state index in [2.05, 4.69) is 10.3 Å². The number of para-hydroxylation sites is 1. The molecule has 0 saturated heterocycles. The van der Waals surface area contributed by atoms with E-state index in [0.717, 1.165) is 27.9 Å². The van der Waals surface area contributed by atoms with E-state index >= 15 is 0 Å². The molecule has 1 unspecified atom stereocenters. The van der Waals surface area contributed by atoms with E-state index in [1.165, 1.54) is 11.3 Å². The Hall–Kier alpha value is -1.37. The number of rotatable bonds is 8. The fourth-order valence-corrected chi connectivity index (χ4v) is 3.66. The first-order chi connectivity index (χ1) is 10.7. The van der Waals surface area contributed by atoms with Crippen LogP contribution in [0, 0.1) is 5.92 Å². The van der Waals surface area contributed by atoms with E-state index in [1.807, 2.05) is 42.6 Å². The second-order valence-corrected chi connectivity index (χ2v) is 7.10. The van der Waals surface area contributed by atoms with Crippen molar-refractivity contribution >= 4 is 34.7 Å². The summed E-state index contributed by atoms with van der Waals surface area (Å²) in [5, 5.41) is 14.7. The average Bonchev–Trinajstić information content (AvgIpc) is 2.95. The van der Waals surface area contributed by atoms with Crippen LogP contribution in [0.5, 0.6) is 0 Å². The Bertz CT molecular complexity index is 587. The summed E-state index contributed by atoms with van der Waals surface area (Å²) in [4.78, 5) is 16.4. The highest BCUT2D eigenvalue weighted by Gasteiger charge is 2.09. The number of nitrogens with one attached hydrogen (secondary N) is 1. The van der Waals surface area contributed by atoms with Crippen molar-refractivity contribution in [1.82, 2.24) is 4.98 Å². The molecule has 0 radical (unpaired) electrons. The lowest BCUT2D eigenvalue weighted by Gasteiger charge is -2.05. The van der Waals surface area contributed by atoms with E-state index in [9.17, 15) is 4.79 Å². The van der Waals surface area contributed by atoms with Crippen LogP contribution in [0.3, 0.4) is 0 Å². The smallest absolute Gasteiger partial charge is 0.231 e. The van der Waals surface area contributed by atoms with Gasteiger partial charge in [-0.1, -0.05) is 25.1 Å². The first kappa shape index (κ1) is 17.0. The molecule has 118 valence electrons. The van der Waals surface area contributed by atoms with Crippen LogP contribution in [0.4, 0.5) is 5.69 Å². The third kappa shape index (κ3) is 5.79. The first-order valence-corrected chi connectivity index (χ1v) is 9.17. The molecule has 2 N–H and O–H groups in total. The van der Waals surface area contributed by atoms with Crippen LogP contribution in [-0.2, 0) is 17.0 Å². The molecule has 0 aliphatic heterocycles. The highest BCUT2D eigenvalue weighted by atomic mass is 32.2. The molecule has 1 amide bonds. The van der Waals surface area contributed by atoms with Gasteiger partial charge in [0.05, 0.1) is 12.1 Å². The van der Waals surface area contributed by atoms with E-state index < -0.39 is 0 Å². The number of benzene rings is 1. The summed E-state index contributed by atoms with van der Waals surface area (Å²) in [6.07, 6.45) is 0.303. The molecule has 0 bridgehead atoms. The van der Waals surface area contributed by atoms with Crippen LogP contribution in [0.25, 0.3) is 0 Å². The number of hydrogen-bond donors (Lipinski definition) is 2. The van der Waals surface area contributed by atoms with Crippen LogP contribution in [0.15, 0.2) is 35.7 Å². The number of nitrogens with zero attached hydrogens (tertiary/aromatic N) is 1. The molecule has 6 heteroatoms. The fourth-order valence-electron chi connectivity index (χ4n) is 1.78. The molecule has 2 aromatic rings. The van der Waals surface area contributed by atoms with Gasteiger partial charge in [0, 0.05) is 23.4 Å². The van der Waals surface area contributed by atoms with Crippen molar-refractivity contribution in [2.75, 3.05) is 17.7 Å². The van der Waals surface area contributed by atoms with Gasteiger partial charge < -0.3 is 10.4 Å². The Morgan fingerprint density at radius 3 is 2.91 bits per heavy atom. The van der Waals surface area contributed by atoms with Gasteiger partial charge in [-0.3, -0.25) is 4.79 Å². The second kappa shape index (κ2) is 8.92. The molecule has 0 aliphatic carbocycles. The third-order valence-corrected chi connectivity index (χ3v) is 5.13. The van der Waals surface area contributed by atoms with Crippen LogP contribution in [-0.4, -0.2) is 28.4 Å². The molecule has 1 aromatic carbocycles. The van der Waals surface area contributed by atoms with Crippen LogP contribution >= 0.6 is 23.1 Å². The Morgan fingerprint density at radius 2 is 2.18 bits per heavy atom. The Morgan fingerprint density at radius 1 is 1.41 bits per heavy atom. The minimum atomic E-state index is -0.0475. The number of hydrogen-bond acceptors (Lipinski definition) is 5. The van der Waals surface area contributed by atoms with Crippen molar-refractivity contribution in [3.05, 3.63) is 46.4 Å². The van der Waals surface area contributed by atoms with Crippen LogP contribution in [0.2, 0.25) is 0 Å². The fraction of sp³-hybridized carbons (Fsp3) is 0.375. The maximum Gasteiger partial charge on any atom is 0.231 e. The number of amides is 1. The molecule has 0 spiro atoms. The molecule has 0 saturated carbocycles. The topological polar surface area (TPSA) is 62.2 Å². The number of carbonyl (C=O) groups excluding carboxylic acids is 1. The molecular weight excluding hydrogens is 316 g/mol. The number of aliphatic hydroxyl groups excluding tert-OH is 1. The lowest BCUT2D eigenvalue weighted by molar-refractivity contribution is -0.115. The number of carbonyl (C=O) groups is 1. The van der Waals surface area contributed by atoms with Crippen molar-refractivity contribution in [3.63, 3.8) is 0 Å². The molecule has 1 heterocycles. The van der Waals surface area contributed by atoms with Gasteiger partial charge in [0.15, 0.2) is 0 Å². The summed E-state index contributed by atoms with van der Waals surface area (Å²) < 4.78 is 0. The standard InChI is InChI=1S/C16H20N2O2S2/c1-12(8-19)9-21-10-14-11-22-16(18-14)7-15(20)17-13-5-3-2-4-6-13/h2-6,11-12,19H,7-10H2,1H3,(H,17,20). The van der Waals surface area contributed by atoms with Gasteiger partial charge in [-0.05, 0) is 23.8 Å². The van der Waals surface area contributed by atoms with E-state index in [4.69, 9.17) is 5.11 Å². The van der Waals surface area contributed by atoms with Gasteiger partial charge in [0.1, 0.15) is 5.01 Å². The molecule has 4 nitrogen and oxygen atoms in total. The van der Waals surface area contributed by atoms with Gasteiger partial charge in [-0.15, -0.1) is 11.3 Å². The SMILES string of the molecule is CC(CO)CSCc1csc(CC(=O)Nc2ccccc2)n1. The number of aromatic nitrogens is 1. The zero-order chi connectivity index (χ0) is 15.8. The minimum absolute atomic E-state index is 0.0475. The lowest BCUT2D eigenvalue weighted by Crippen LogP contribution is -2.14. The molecule has 22 heavy (non-hydrogen) atoms. The molecule has 0 aliphatic rings. The number of thioether (sulfide) groups is 1. The zero-order valence-electron chi connectivity index (χ0n) is 12.5. The summed E-state index contributed by atoms with van der Waals surface area (Å²) >= 11 is 3.28. The van der Waals surface area contributed by atoms with Gasteiger partial charge in [0.25, 0.3) is 0 Å². The van der Waals surface area contributed by atoms with Crippen LogP contribution in [0.1, 0.15) is 17.6 Å².